The number of aryl methyl sites for hydroxylation is 1. The van der Waals surface area contributed by atoms with E-state index in [2.05, 4.69) is 20.8 Å². The summed E-state index contributed by atoms with van der Waals surface area (Å²) in [5, 5.41) is 13.4. The highest BCUT2D eigenvalue weighted by Crippen LogP contribution is 2.30. The number of hydrogen-bond donors (Lipinski definition) is 2. The fraction of sp³-hybridized carbons (Fsp3) is 0.333. The highest BCUT2D eigenvalue weighted by Gasteiger charge is 2.17. The molecule has 2 heterocycles. The van der Waals surface area contributed by atoms with E-state index >= 15 is 0 Å². The summed E-state index contributed by atoms with van der Waals surface area (Å²) in [5.74, 6) is 0.912. The zero-order valence-electron chi connectivity index (χ0n) is 16.7. The Balaban J connectivity index is 1.59. The molecule has 0 radical (unpaired) electrons. The van der Waals surface area contributed by atoms with E-state index in [0.717, 1.165) is 5.56 Å². The lowest BCUT2D eigenvalue weighted by atomic mass is 10.1. The van der Waals surface area contributed by atoms with E-state index in [1.807, 2.05) is 44.4 Å². The smallest absolute Gasteiger partial charge is 0.260 e. The lowest BCUT2D eigenvalue weighted by molar-refractivity contribution is -0.116. The molecule has 0 fully saturated rings. The van der Waals surface area contributed by atoms with E-state index < -0.39 is 0 Å². The Labute approximate surface area is 173 Å². The molecule has 7 nitrogen and oxygen atoms in total. The van der Waals surface area contributed by atoms with Crippen LogP contribution in [0.5, 0.6) is 0 Å². The molecule has 0 atom stereocenters. The number of carbonyl (C=O) groups is 2. The van der Waals surface area contributed by atoms with E-state index in [9.17, 15) is 9.59 Å². The number of rotatable bonds is 8. The molecule has 3 rings (SSSR count). The molecule has 0 aliphatic carbocycles. The first-order chi connectivity index (χ1) is 14.0. The predicted octanol–water partition coefficient (Wildman–Crippen LogP) is 4.38. The molecular formula is C21H24N4O3S. The maximum atomic E-state index is 12.4. The summed E-state index contributed by atoms with van der Waals surface area (Å²) in [5.41, 5.74) is 2.91. The fourth-order valence-corrected chi connectivity index (χ4v) is 3.38. The van der Waals surface area contributed by atoms with Gasteiger partial charge in [-0.2, -0.15) is 16.3 Å². The number of para-hydroxylation sites is 1. The monoisotopic (exact) mass is 412 g/mol. The molecule has 0 aliphatic heterocycles. The van der Waals surface area contributed by atoms with Gasteiger partial charge >= 0.3 is 0 Å². The summed E-state index contributed by atoms with van der Waals surface area (Å²) in [7, 11) is 0. The van der Waals surface area contributed by atoms with Gasteiger partial charge in [-0.1, -0.05) is 31.1 Å². The Bertz CT molecular complexity index is 980. The molecule has 29 heavy (non-hydrogen) atoms. The van der Waals surface area contributed by atoms with Gasteiger partial charge in [0.15, 0.2) is 5.82 Å². The zero-order valence-corrected chi connectivity index (χ0v) is 17.5. The van der Waals surface area contributed by atoms with Gasteiger partial charge in [0.2, 0.25) is 5.91 Å². The highest BCUT2D eigenvalue weighted by atomic mass is 32.1. The summed E-state index contributed by atoms with van der Waals surface area (Å²) in [6, 6.07) is 7.43. The van der Waals surface area contributed by atoms with E-state index in [4.69, 9.17) is 4.52 Å². The van der Waals surface area contributed by atoms with Crippen molar-refractivity contribution in [1.29, 1.82) is 0 Å². The summed E-state index contributed by atoms with van der Waals surface area (Å²) in [4.78, 5) is 28.8. The quantitative estimate of drug-likeness (QED) is 0.535. The molecule has 0 saturated heterocycles. The van der Waals surface area contributed by atoms with Crippen molar-refractivity contribution in [3.63, 3.8) is 0 Å². The topological polar surface area (TPSA) is 97.1 Å². The van der Waals surface area contributed by atoms with Gasteiger partial charge in [-0.3, -0.25) is 9.59 Å². The van der Waals surface area contributed by atoms with Crippen LogP contribution in [0.25, 0.3) is 11.5 Å². The normalized spacial score (nSPS) is 10.9. The first kappa shape index (κ1) is 20.7. The third-order valence-corrected chi connectivity index (χ3v) is 5.06. The van der Waals surface area contributed by atoms with Crippen LogP contribution < -0.4 is 10.6 Å². The van der Waals surface area contributed by atoms with Crippen molar-refractivity contribution in [2.45, 2.75) is 39.5 Å². The molecule has 8 heteroatoms. The number of thiophene rings is 1. The van der Waals surface area contributed by atoms with E-state index in [0.29, 0.717) is 47.9 Å². The van der Waals surface area contributed by atoms with Crippen LogP contribution in [0.3, 0.4) is 0 Å². The van der Waals surface area contributed by atoms with Crippen LogP contribution in [0, 0.1) is 6.92 Å². The third kappa shape index (κ3) is 5.29. The van der Waals surface area contributed by atoms with E-state index in [1.54, 1.807) is 11.4 Å². The van der Waals surface area contributed by atoms with Gasteiger partial charge in [-0.25, -0.2) is 0 Å². The molecule has 0 aliphatic rings. The van der Waals surface area contributed by atoms with Gasteiger partial charge in [0.1, 0.15) is 0 Å². The Hall–Kier alpha value is -3.00. The predicted molar refractivity (Wildman–Crippen MR) is 113 cm³/mol. The van der Waals surface area contributed by atoms with Crippen molar-refractivity contribution in [3.8, 4) is 11.5 Å². The fourth-order valence-electron chi connectivity index (χ4n) is 2.74. The summed E-state index contributed by atoms with van der Waals surface area (Å²) in [6.45, 7) is 6.33. The number of carbonyl (C=O) groups excluding carboxylic acids is 2. The van der Waals surface area contributed by atoms with Gasteiger partial charge in [-0.05, 0) is 36.4 Å². The molecule has 2 N–H and O–H groups in total. The van der Waals surface area contributed by atoms with E-state index in [1.165, 1.54) is 11.3 Å². The van der Waals surface area contributed by atoms with Gasteiger partial charge < -0.3 is 15.2 Å². The van der Waals surface area contributed by atoms with Crippen molar-refractivity contribution < 1.29 is 14.1 Å². The largest absolute Gasteiger partial charge is 0.352 e. The zero-order chi connectivity index (χ0) is 20.8. The van der Waals surface area contributed by atoms with Crippen molar-refractivity contribution >= 4 is 28.8 Å². The number of nitrogens with zero attached hydrogens (tertiary/aromatic N) is 2. The maximum absolute atomic E-state index is 12.4. The SMILES string of the molecule is Cc1cccc(-c2nc(C(C)C)no2)c1NC(=O)CCCNC(=O)c1ccsc1. The first-order valence-electron chi connectivity index (χ1n) is 9.49. The van der Waals surface area contributed by atoms with Gasteiger partial charge in [0, 0.05) is 29.8 Å². The van der Waals surface area contributed by atoms with Crippen LogP contribution in [0.1, 0.15) is 54.4 Å². The van der Waals surface area contributed by atoms with Crippen molar-refractivity contribution in [2.75, 3.05) is 11.9 Å². The molecule has 0 spiro atoms. The molecule has 1 aromatic carbocycles. The standard InChI is InChI=1S/C21H24N4O3S/c1-13(2)19-24-21(28-25-19)16-7-4-6-14(3)18(16)23-17(26)8-5-10-22-20(27)15-9-11-29-12-15/h4,6-7,9,11-13H,5,8,10H2,1-3H3,(H,22,27)(H,23,26). The summed E-state index contributed by atoms with van der Waals surface area (Å²) in [6.07, 6.45) is 0.833. The Kier molecular flexibility index (Phi) is 6.77. The lowest BCUT2D eigenvalue weighted by Gasteiger charge is -2.12. The molecule has 0 saturated carbocycles. The molecule has 2 aromatic heterocycles. The third-order valence-electron chi connectivity index (χ3n) is 4.38. The maximum Gasteiger partial charge on any atom is 0.260 e. The van der Waals surface area contributed by atoms with Crippen molar-refractivity contribution in [2.24, 2.45) is 0 Å². The number of amides is 2. The second-order valence-electron chi connectivity index (χ2n) is 7.03. The summed E-state index contributed by atoms with van der Waals surface area (Å²) >= 11 is 1.47. The Morgan fingerprint density at radius 3 is 2.76 bits per heavy atom. The molecule has 2 amide bonds. The first-order valence-corrected chi connectivity index (χ1v) is 10.4. The number of benzene rings is 1. The minimum absolute atomic E-state index is 0.120. The Morgan fingerprint density at radius 1 is 1.24 bits per heavy atom. The second kappa shape index (κ2) is 9.47. The number of nitrogens with one attached hydrogen (secondary N) is 2. The van der Waals surface area contributed by atoms with Crippen LogP contribution in [-0.2, 0) is 4.79 Å². The van der Waals surface area contributed by atoms with Gasteiger partial charge in [0.25, 0.3) is 11.8 Å². The molecule has 0 bridgehead atoms. The summed E-state index contributed by atoms with van der Waals surface area (Å²) < 4.78 is 5.39. The average molecular weight is 413 g/mol. The van der Waals surface area contributed by atoms with Gasteiger partial charge in [-0.15, -0.1) is 0 Å². The van der Waals surface area contributed by atoms with Crippen LogP contribution >= 0.6 is 11.3 Å². The molecule has 0 unspecified atom stereocenters. The molecular weight excluding hydrogens is 388 g/mol. The van der Waals surface area contributed by atoms with E-state index in [-0.39, 0.29) is 17.7 Å². The minimum Gasteiger partial charge on any atom is -0.352 e. The van der Waals surface area contributed by atoms with Gasteiger partial charge in [0.05, 0.1) is 11.3 Å². The molecule has 3 aromatic rings. The van der Waals surface area contributed by atoms with Crippen molar-refractivity contribution in [1.82, 2.24) is 15.5 Å². The van der Waals surface area contributed by atoms with Crippen LogP contribution in [0.4, 0.5) is 5.69 Å². The minimum atomic E-state index is -0.131. The highest BCUT2D eigenvalue weighted by molar-refractivity contribution is 7.08. The molecule has 152 valence electrons. The van der Waals surface area contributed by atoms with Crippen LogP contribution in [-0.4, -0.2) is 28.5 Å². The van der Waals surface area contributed by atoms with Crippen LogP contribution in [0.2, 0.25) is 0 Å². The van der Waals surface area contributed by atoms with Crippen LogP contribution in [0.15, 0.2) is 39.5 Å². The Morgan fingerprint density at radius 2 is 2.07 bits per heavy atom. The number of hydrogen-bond acceptors (Lipinski definition) is 6. The number of anilines is 1. The van der Waals surface area contributed by atoms with Crippen molar-refractivity contribution in [3.05, 3.63) is 52.0 Å². The lowest BCUT2D eigenvalue weighted by Crippen LogP contribution is -2.25. The second-order valence-corrected chi connectivity index (χ2v) is 7.81. The average Bonchev–Trinajstić information content (AvgIpc) is 3.38. The number of aromatic nitrogens is 2.